The van der Waals surface area contributed by atoms with E-state index in [9.17, 15) is 23.1 Å². The van der Waals surface area contributed by atoms with E-state index >= 15 is 0 Å². The summed E-state index contributed by atoms with van der Waals surface area (Å²) >= 11 is 0. The molecule has 3 aromatic carbocycles. The summed E-state index contributed by atoms with van der Waals surface area (Å²) in [6, 6.07) is 18.4. The van der Waals surface area contributed by atoms with E-state index in [1.807, 2.05) is 0 Å². The molecule has 0 atom stereocenters. The van der Waals surface area contributed by atoms with Gasteiger partial charge in [0.05, 0.1) is 17.7 Å². The second kappa shape index (κ2) is 11.4. The third kappa shape index (κ3) is 6.51. The molecule has 0 aromatic heterocycles. The first-order valence-corrected chi connectivity index (χ1v) is 12.2. The lowest BCUT2D eigenvalue weighted by atomic mass is 10.2. The minimum Gasteiger partial charge on any atom is -0.508 e. The molecule has 3 aromatic rings. The lowest BCUT2D eigenvalue weighted by Gasteiger charge is -2.20. The maximum atomic E-state index is 13.1. The number of benzene rings is 3. The molecule has 0 aliphatic heterocycles. The van der Waals surface area contributed by atoms with Crippen molar-refractivity contribution in [2.45, 2.75) is 11.3 Å². The Hall–Kier alpha value is -4.05. The first-order chi connectivity index (χ1) is 16.7. The van der Waals surface area contributed by atoms with Crippen LogP contribution in [0.2, 0.25) is 0 Å². The van der Waals surface area contributed by atoms with Gasteiger partial charge in [0, 0.05) is 31.3 Å². The van der Waals surface area contributed by atoms with Crippen molar-refractivity contribution in [2.24, 2.45) is 0 Å². The van der Waals surface area contributed by atoms with Crippen molar-refractivity contribution in [3.63, 3.8) is 0 Å². The van der Waals surface area contributed by atoms with E-state index < -0.39 is 15.9 Å². The summed E-state index contributed by atoms with van der Waals surface area (Å²) < 4.78 is 32.4. The molecule has 0 heterocycles. The molecule has 184 valence electrons. The monoisotopic (exact) mass is 497 g/mol. The molecule has 10 heteroatoms. The van der Waals surface area contributed by atoms with E-state index in [2.05, 4.69) is 10.6 Å². The highest BCUT2D eigenvalue weighted by molar-refractivity contribution is 7.92. The first kappa shape index (κ1) is 25.6. The molecular weight excluding hydrogens is 470 g/mol. The minimum atomic E-state index is -3.89. The number of sulfonamides is 1. The molecule has 3 rings (SSSR count). The predicted octanol–water partition coefficient (Wildman–Crippen LogP) is 2.78. The second-order valence-corrected chi connectivity index (χ2v) is 9.58. The van der Waals surface area contributed by atoms with Gasteiger partial charge in [0.15, 0.2) is 0 Å². The number of hydrogen-bond donors (Lipinski definition) is 3. The SMILES string of the molecule is COc1ccc(N(C)S(=O)(=O)c2cccc(C(=O)NCCCNC(=O)c3cccc(O)c3)c2)cc1. The Bertz CT molecular complexity index is 1290. The van der Waals surface area contributed by atoms with Gasteiger partial charge in [0.2, 0.25) is 0 Å². The number of ether oxygens (including phenoxy) is 1. The van der Waals surface area contributed by atoms with E-state index in [1.54, 1.807) is 36.4 Å². The Morgan fingerprint density at radius 1 is 0.886 bits per heavy atom. The molecule has 0 fully saturated rings. The van der Waals surface area contributed by atoms with Gasteiger partial charge in [-0.1, -0.05) is 12.1 Å². The standard InChI is InChI=1S/C25H27N3O6S/c1-28(20-10-12-22(34-2)13-11-20)35(32,33)23-9-4-7-19(17-23)25(31)27-15-5-14-26-24(30)18-6-3-8-21(29)16-18/h3-4,6-13,16-17,29H,5,14-15H2,1-2H3,(H,26,30)(H,27,31). The molecule has 0 aliphatic carbocycles. The zero-order valence-electron chi connectivity index (χ0n) is 19.4. The van der Waals surface area contributed by atoms with Crippen LogP contribution in [0, 0.1) is 0 Å². The average molecular weight is 498 g/mol. The van der Waals surface area contributed by atoms with E-state index in [0.29, 0.717) is 30.0 Å². The normalized spacial score (nSPS) is 10.9. The molecule has 35 heavy (non-hydrogen) atoms. The number of hydrogen-bond acceptors (Lipinski definition) is 6. The number of methoxy groups -OCH3 is 1. The molecule has 0 unspecified atom stereocenters. The van der Waals surface area contributed by atoms with Gasteiger partial charge in [0.1, 0.15) is 11.5 Å². The van der Waals surface area contributed by atoms with Crippen LogP contribution in [0.3, 0.4) is 0 Å². The number of phenols is 1. The van der Waals surface area contributed by atoms with E-state index in [1.165, 1.54) is 50.6 Å². The van der Waals surface area contributed by atoms with Gasteiger partial charge in [-0.05, 0) is 67.1 Å². The molecule has 0 saturated heterocycles. The number of carbonyl (C=O) groups excluding carboxylic acids is 2. The van der Waals surface area contributed by atoms with Gasteiger partial charge in [-0.15, -0.1) is 0 Å². The van der Waals surface area contributed by atoms with Crippen molar-refractivity contribution in [1.82, 2.24) is 10.6 Å². The van der Waals surface area contributed by atoms with Gasteiger partial charge >= 0.3 is 0 Å². The van der Waals surface area contributed by atoms with Crippen molar-refractivity contribution in [3.8, 4) is 11.5 Å². The van der Waals surface area contributed by atoms with E-state index in [0.717, 1.165) is 4.31 Å². The molecule has 0 saturated carbocycles. The molecule has 0 spiro atoms. The third-order valence-corrected chi connectivity index (χ3v) is 7.01. The fraction of sp³-hybridized carbons (Fsp3) is 0.200. The largest absolute Gasteiger partial charge is 0.508 e. The number of aromatic hydroxyl groups is 1. The van der Waals surface area contributed by atoms with Crippen LogP contribution >= 0.6 is 0 Å². The summed E-state index contributed by atoms with van der Waals surface area (Å²) in [6.45, 7) is 0.595. The summed E-state index contributed by atoms with van der Waals surface area (Å²) in [7, 11) is -0.922. The summed E-state index contributed by atoms with van der Waals surface area (Å²) in [5.41, 5.74) is 0.998. The number of anilines is 1. The molecule has 0 aliphatic rings. The highest BCUT2D eigenvalue weighted by atomic mass is 32.2. The number of carbonyl (C=O) groups is 2. The molecular formula is C25H27N3O6S. The lowest BCUT2D eigenvalue weighted by Crippen LogP contribution is -2.30. The quantitative estimate of drug-likeness (QED) is 0.370. The van der Waals surface area contributed by atoms with Crippen molar-refractivity contribution in [1.29, 1.82) is 0 Å². The second-order valence-electron chi connectivity index (χ2n) is 7.61. The fourth-order valence-corrected chi connectivity index (χ4v) is 4.47. The van der Waals surface area contributed by atoms with Crippen molar-refractivity contribution in [2.75, 3.05) is 31.6 Å². The van der Waals surface area contributed by atoms with Gasteiger partial charge in [-0.3, -0.25) is 13.9 Å². The van der Waals surface area contributed by atoms with Crippen LogP contribution < -0.4 is 19.7 Å². The van der Waals surface area contributed by atoms with Crippen molar-refractivity contribution < 1.29 is 27.9 Å². The fourth-order valence-electron chi connectivity index (χ4n) is 3.23. The molecule has 0 bridgehead atoms. The van der Waals surface area contributed by atoms with E-state index in [4.69, 9.17) is 4.74 Å². The summed E-state index contributed by atoms with van der Waals surface area (Å²) in [5.74, 6) is -0.138. The van der Waals surface area contributed by atoms with Gasteiger partial charge in [0.25, 0.3) is 21.8 Å². The Morgan fingerprint density at radius 2 is 1.46 bits per heavy atom. The van der Waals surface area contributed by atoms with Crippen molar-refractivity contribution in [3.05, 3.63) is 83.9 Å². The number of phenolic OH excluding ortho intramolecular Hbond substituents is 1. The lowest BCUT2D eigenvalue weighted by molar-refractivity contribution is 0.0951. The number of rotatable bonds is 10. The third-order valence-electron chi connectivity index (χ3n) is 5.22. The smallest absolute Gasteiger partial charge is 0.264 e. The van der Waals surface area contributed by atoms with Crippen LogP contribution in [0.25, 0.3) is 0 Å². The summed E-state index contributed by atoms with van der Waals surface area (Å²) in [5, 5.41) is 14.9. The van der Waals surface area contributed by atoms with Crippen LogP contribution in [-0.2, 0) is 10.0 Å². The topological polar surface area (TPSA) is 125 Å². The van der Waals surface area contributed by atoms with Crippen LogP contribution in [-0.4, -0.2) is 52.6 Å². The first-order valence-electron chi connectivity index (χ1n) is 10.8. The number of nitrogens with one attached hydrogen (secondary N) is 2. The molecule has 0 radical (unpaired) electrons. The molecule has 3 N–H and O–H groups in total. The number of nitrogens with zero attached hydrogens (tertiary/aromatic N) is 1. The predicted molar refractivity (Wildman–Crippen MR) is 132 cm³/mol. The Morgan fingerprint density at radius 3 is 2.03 bits per heavy atom. The maximum Gasteiger partial charge on any atom is 0.264 e. The zero-order valence-corrected chi connectivity index (χ0v) is 20.2. The molecule has 9 nitrogen and oxygen atoms in total. The summed E-state index contributed by atoms with van der Waals surface area (Å²) in [6.07, 6.45) is 0.467. The number of amides is 2. The average Bonchev–Trinajstić information content (AvgIpc) is 2.87. The van der Waals surface area contributed by atoms with E-state index in [-0.39, 0.29) is 28.7 Å². The maximum absolute atomic E-state index is 13.1. The highest BCUT2D eigenvalue weighted by Gasteiger charge is 2.22. The Labute approximate surface area is 204 Å². The minimum absolute atomic E-state index is 0.00403. The van der Waals surface area contributed by atoms with Gasteiger partial charge in [-0.25, -0.2) is 8.42 Å². The van der Waals surface area contributed by atoms with Crippen LogP contribution in [0.5, 0.6) is 11.5 Å². The Balaban J connectivity index is 1.55. The summed E-state index contributed by atoms with van der Waals surface area (Å²) in [4.78, 5) is 24.6. The van der Waals surface area contributed by atoms with Gasteiger partial charge < -0.3 is 20.5 Å². The molecule has 2 amide bonds. The van der Waals surface area contributed by atoms with Crippen molar-refractivity contribution >= 4 is 27.5 Å². The van der Waals surface area contributed by atoms with Crippen LogP contribution in [0.1, 0.15) is 27.1 Å². The highest BCUT2D eigenvalue weighted by Crippen LogP contribution is 2.24. The van der Waals surface area contributed by atoms with Crippen LogP contribution in [0.4, 0.5) is 5.69 Å². The zero-order chi connectivity index (χ0) is 25.4. The van der Waals surface area contributed by atoms with Crippen LogP contribution in [0.15, 0.2) is 77.7 Å². The Kier molecular flexibility index (Phi) is 8.32. The van der Waals surface area contributed by atoms with Gasteiger partial charge in [-0.2, -0.15) is 0 Å².